The molecular formula is C26H25NO3. The third-order valence-corrected chi connectivity index (χ3v) is 4.90. The standard InChI is InChI=1S/C26H25NO3/c1-19(2)30-26(28)22-13-11-20(12-14-22)17-27-16-15-23-24(27)9-6-10-25(23)29-18-21-7-4-3-5-8-21/h3-16,19H,17-18H2,1-2H3. The van der Waals surface area contributed by atoms with Crippen LogP contribution in [0.5, 0.6) is 5.75 Å². The smallest absolute Gasteiger partial charge is 0.338 e. The van der Waals surface area contributed by atoms with E-state index in [0.29, 0.717) is 18.7 Å². The van der Waals surface area contributed by atoms with Crippen molar-refractivity contribution >= 4 is 16.9 Å². The molecular weight excluding hydrogens is 374 g/mol. The maximum atomic E-state index is 12.0. The molecule has 0 radical (unpaired) electrons. The van der Waals surface area contributed by atoms with Gasteiger partial charge in [0.15, 0.2) is 0 Å². The van der Waals surface area contributed by atoms with E-state index in [0.717, 1.165) is 27.8 Å². The predicted molar refractivity (Wildman–Crippen MR) is 119 cm³/mol. The van der Waals surface area contributed by atoms with Crippen molar-refractivity contribution in [1.29, 1.82) is 0 Å². The van der Waals surface area contributed by atoms with Gasteiger partial charge in [0.05, 0.1) is 17.2 Å². The number of rotatable bonds is 7. The number of aromatic nitrogens is 1. The number of nitrogens with zero attached hydrogens (tertiary/aromatic N) is 1. The van der Waals surface area contributed by atoms with Crippen molar-refractivity contribution in [3.63, 3.8) is 0 Å². The lowest BCUT2D eigenvalue weighted by atomic mass is 10.1. The molecule has 0 fully saturated rings. The molecule has 1 heterocycles. The summed E-state index contributed by atoms with van der Waals surface area (Å²) >= 11 is 0. The molecule has 4 heteroatoms. The van der Waals surface area contributed by atoms with Crippen molar-refractivity contribution in [1.82, 2.24) is 4.57 Å². The van der Waals surface area contributed by atoms with Crippen molar-refractivity contribution < 1.29 is 14.3 Å². The first-order valence-electron chi connectivity index (χ1n) is 10.1. The maximum Gasteiger partial charge on any atom is 0.338 e. The van der Waals surface area contributed by atoms with Gasteiger partial charge < -0.3 is 14.0 Å². The average Bonchev–Trinajstić information content (AvgIpc) is 3.16. The maximum absolute atomic E-state index is 12.0. The first-order chi connectivity index (χ1) is 14.6. The highest BCUT2D eigenvalue weighted by Gasteiger charge is 2.10. The fourth-order valence-corrected chi connectivity index (χ4v) is 3.42. The Morgan fingerprint density at radius 3 is 2.37 bits per heavy atom. The van der Waals surface area contributed by atoms with Gasteiger partial charge in [-0.2, -0.15) is 0 Å². The van der Waals surface area contributed by atoms with Crippen LogP contribution < -0.4 is 4.74 Å². The SMILES string of the molecule is CC(C)OC(=O)c1ccc(Cn2ccc3c(OCc4ccccc4)cccc32)cc1. The molecule has 30 heavy (non-hydrogen) atoms. The molecule has 4 rings (SSSR count). The molecule has 0 spiro atoms. The Hall–Kier alpha value is -3.53. The lowest BCUT2D eigenvalue weighted by molar-refractivity contribution is 0.0378. The Balaban J connectivity index is 1.49. The van der Waals surface area contributed by atoms with Crippen molar-refractivity contribution in [2.24, 2.45) is 0 Å². The van der Waals surface area contributed by atoms with Gasteiger partial charge in [-0.25, -0.2) is 4.79 Å². The Bertz CT molecular complexity index is 1130. The quantitative estimate of drug-likeness (QED) is 0.367. The number of hydrogen-bond donors (Lipinski definition) is 0. The molecule has 0 aliphatic rings. The molecule has 0 amide bonds. The Kier molecular flexibility index (Phi) is 5.84. The van der Waals surface area contributed by atoms with E-state index in [1.807, 2.05) is 68.4 Å². The molecule has 0 saturated carbocycles. The van der Waals surface area contributed by atoms with Crippen LogP contribution in [0.3, 0.4) is 0 Å². The number of benzene rings is 3. The molecule has 0 unspecified atom stereocenters. The number of carbonyl (C=O) groups excluding carboxylic acids is 1. The number of hydrogen-bond acceptors (Lipinski definition) is 3. The lowest BCUT2D eigenvalue weighted by Gasteiger charge is -2.10. The number of fused-ring (bicyclic) bond motifs is 1. The van der Waals surface area contributed by atoms with E-state index < -0.39 is 0 Å². The van der Waals surface area contributed by atoms with Gasteiger partial charge in [0.25, 0.3) is 0 Å². The van der Waals surface area contributed by atoms with E-state index >= 15 is 0 Å². The molecule has 0 aliphatic carbocycles. The number of esters is 1. The second-order valence-electron chi connectivity index (χ2n) is 7.56. The van der Waals surface area contributed by atoms with Crippen LogP contribution in [-0.2, 0) is 17.9 Å². The monoisotopic (exact) mass is 399 g/mol. The van der Waals surface area contributed by atoms with E-state index in [9.17, 15) is 4.79 Å². The molecule has 0 saturated heterocycles. The van der Waals surface area contributed by atoms with Crippen LogP contribution in [0.1, 0.15) is 35.3 Å². The van der Waals surface area contributed by atoms with Crippen molar-refractivity contribution in [3.05, 3.63) is 102 Å². The zero-order valence-electron chi connectivity index (χ0n) is 17.2. The van der Waals surface area contributed by atoms with Gasteiger partial charge in [0.2, 0.25) is 0 Å². The number of ether oxygens (including phenoxy) is 2. The van der Waals surface area contributed by atoms with E-state index in [-0.39, 0.29) is 12.1 Å². The highest BCUT2D eigenvalue weighted by molar-refractivity contribution is 5.89. The third-order valence-electron chi connectivity index (χ3n) is 4.90. The molecule has 3 aromatic carbocycles. The van der Waals surface area contributed by atoms with Crippen LogP contribution in [0.25, 0.3) is 10.9 Å². The minimum absolute atomic E-state index is 0.123. The highest BCUT2D eigenvalue weighted by atomic mass is 16.5. The molecule has 0 atom stereocenters. The van der Waals surface area contributed by atoms with Gasteiger partial charge in [-0.15, -0.1) is 0 Å². The summed E-state index contributed by atoms with van der Waals surface area (Å²) < 4.78 is 13.5. The Morgan fingerprint density at radius 1 is 0.867 bits per heavy atom. The summed E-state index contributed by atoms with van der Waals surface area (Å²) in [5, 5.41) is 1.09. The first-order valence-corrected chi connectivity index (χ1v) is 10.1. The second kappa shape index (κ2) is 8.87. The van der Waals surface area contributed by atoms with Crippen molar-refractivity contribution in [2.75, 3.05) is 0 Å². The fraction of sp³-hybridized carbons (Fsp3) is 0.192. The zero-order valence-corrected chi connectivity index (χ0v) is 17.2. The number of carbonyl (C=O) groups is 1. The van der Waals surface area contributed by atoms with Crippen LogP contribution in [-0.4, -0.2) is 16.6 Å². The van der Waals surface area contributed by atoms with Crippen LogP contribution >= 0.6 is 0 Å². The van der Waals surface area contributed by atoms with Crippen LogP contribution in [0.15, 0.2) is 85.1 Å². The van der Waals surface area contributed by atoms with Gasteiger partial charge in [0.1, 0.15) is 12.4 Å². The molecule has 4 aromatic rings. The topological polar surface area (TPSA) is 40.5 Å². The van der Waals surface area contributed by atoms with Gasteiger partial charge in [-0.1, -0.05) is 48.5 Å². The molecule has 0 bridgehead atoms. The van der Waals surface area contributed by atoms with Crippen molar-refractivity contribution in [2.45, 2.75) is 33.1 Å². The lowest BCUT2D eigenvalue weighted by Crippen LogP contribution is -2.11. The summed E-state index contributed by atoms with van der Waals surface area (Å²) in [5.41, 5.74) is 3.94. The third kappa shape index (κ3) is 4.54. The first kappa shape index (κ1) is 19.8. The van der Waals surface area contributed by atoms with Crippen LogP contribution in [0.2, 0.25) is 0 Å². The minimum atomic E-state index is -0.289. The summed E-state index contributed by atoms with van der Waals surface area (Å²) in [6.45, 7) is 4.95. The predicted octanol–water partition coefficient (Wildman–Crippen LogP) is 5.83. The van der Waals surface area contributed by atoms with Gasteiger partial charge in [-0.05, 0) is 55.3 Å². The molecule has 0 N–H and O–H groups in total. The van der Waals surface area contributed by atoms with E-state index in [1.165, 1.54) is 0 Å². The zero-order chi connectivity index (χ0) is 20.9. The van der Waals surface area contributed by atoms with E-state index in [4.69, 9.17) is 9.47 Å². The van der Waals surface area contributed by atoms with E-state index in [1.54, 1.807) is 0 Å². The fourth-order valence-electron chi connectivity index (χ4n) is 3.42. The highest BCUT2D eigenvalue weighted by Crippen LogP contribution is 2.28. The second-order valence-corrected chi connectivity index (χ2v) is 7.56. The Morgan fingerprint density at radius 2 is 1.63 bits per heavy atom. The van der Waals surface area contributed by atoms with Gasteiger partial charge >= 0.3 is 5.97 Å². The van der Waals surface area contributed by atoms with Crippen LogP contribution in [0.4, 0.5) is 0 Å². The van der Waals surface area contributed by atoms with E-state index in [2.05, 4.69) is 35.0 Å². The van der Waals surface area contributed by atoms with Gasteiger partial charge in [0, 0.05) is 18.1 Å². The Labute approximate surface area is 176 Å². The molecule has 0 aliphatic heterocycles. The summed E-state index contributed by atoms with van der Waals surface area (Å²) in [6, 6.07) is 25.9. The van der Waals surface area contributed by atoms with Crippen molar-refractivity contribution in [3.8, 4) is 5.75 Å². The summed E-state index contributed by atoms with van der Waals surface area (Å²) in [5.74, 6) is 0.588. The average molecular weight is 399 g/mol. The normalized spacial score (nSPS) is 11.0. The molecule has 4 nitrogen and oxygen atoms in total. The summed E-state index contributed by atoms with van der Waals surface area (Å²) in [7, 11) is 0. The molecule has 152 valence electrons. The molecule has 1 aromatic heterocycles. The van der Waals surface area contributed by atoms with Crippen LogP contribution in [0, 0.1) is 0 Å². The minimum Gasteiger partial charge on any atom is -0.488 e. The van der Waals surface area contributed by atoms with Gasteiger partial charge in [-0.3, -0.25) is 0 Å². The summed E-state index contributed by atoms with van der Waals surface area (Å²) in [6.07, 6.45) is 1.95. The summed E-state index contributed by atoms with van der Waals surface area (Å²) in [4.78, 5) is 12.0. The largest absolute Gasteiger partial charge is 0.488 e.